The van der Waals surface area contributed by atoms with Crippen molar-refractivity contribution in [2.75, 3.05) is 32.2 Å². The van der Waals surface area contributed by atoms with Gasteiger partial charge in [0.25, 0.3) is 5.91 Å². The molecule has 4 atom stereocenters. The van der Waals surface area contributed by atoms with E-state index in [-0.39, 0.29) is 30.4 Å². The highest BCUT2D eigenvalue weighted by atomic mass is 16.5. The Morgan fingerprint density at radius 2 is 1.78 bits per heavy atom. The maximum atomic E-state index is 13.7. The Labute approximate surface area is 216 Å². The van der Waals surface area contributed by atoms with Gasteiger partial charge in [-0.05, 0) is 49.1 Å². The Balaban J connectivity index is 1.30. The van der Waals surface area contributed by atoms with Gasteiger partial charge in [0.15, 0.2) is 17.6 Å². The van der Waals surface area contributed by atoms with Crippen molar-refractivity contribution in [2.24, 2.45) is 5.92 Å². The van der Waals surface area contributed by atoms with Crippen LogP contribution in [0.25, 0.3) is 0 Å². The SMILES string of the molecule is COc1ccc(CCNC(=O)CN2C(=O)N(c3ccccc3)C(=O)C3OC4CCCCC4C32)cc1OC. The molecule has 9 heteroatoms. The Hall–Kier alpha value is -3.59. The number of amides is 4. The van der Waals surface area contributed by atoms with Gasteiger partial charge < -0.3 is 24.4 Å². The van der Waals surface area contributed by atoms with Crippen molar-refractivity contribution in [1.82, 2.24) is 10.2 Å². The fourth-order valence-corrected chi connectivity index (χ4v) is 5.84. The lowest BCUT2D eigenvalue weighted by atomic mass is 9.81. The minimum absolute atomic E-state index is 0.0594. The summed E-state index contributed by atoms with van der Waals surface area (Å²) in [5.41, 5.74) is 1.47. The summed E-state index contributed by atoms with van der Waals surface area (Å²) in [5.74, 6) is 0.718. The van der Waals surface area contributed by atoms with E-state index in [4.69, 9.17) is 14.2 Å². The van der Waals surface area contributed by atoms with E-state index >= 15 is 0 Å². The average molecular weight is 508 g/mol. The van der Waals surface area contributed by atoms with E-state index in [2.05, 4.69) is 5.32 Å². The number of fused-ring (bicyclic) bond motifs is 3. The second-order valence-electron chi connectivity index (χ2n) is 9.74. The van der Waals surface area contributed by atoms with Crippen LogP contribution in [0, 0.1) is 5.92 Å². The predicted molar refractivity (Wildman–Crippen MR) is 137 cm³/mol. The molecule has 37 heavy (non-hydrogen) atoms. The summed E-state index contributed by atoms with van der Waals surface area (Å²) in [6.07, 6.45) is 3.60. The number of carbonyl (C=O) groups is 3. The molecule has 0 spiro atoms. The molecule has 2 aromatic carbocycles. The highest BCUT2D eigenvalue weighted by molar-refractivity contribution is 6.18. The van der Waals surface area contributed by atoms with Gasteiger partial charge in [0.05, 0.1) is 32.1 Å². The van der Waals surface area contributed by atoms with E-state index in [9.17, 15) is 14.4 Å². The fourth-order valence-electron chi connectivity index (χ4n) is 5.84. The molecule has 4 amide bonds. The van der Waals surface area contributed by atoms with Crippen LogP contribution in [0.1, 0.15) is 31.2 Å². The highest BCUT2D eigenvalue weighted by Gasteiger charge is 2.57. The lowest BCUT2D eigenvalue weighted by Gasteiger charge is -2.42. The van der Waals surface area contributed by atoms with Crippen LogP contribution in [0.15, 0.2) is 48.5 Å². The summed E-state index contributed by atoms with van der Waals surface area (Å²) in [6.45, 7) is 0.267. The van der Waals surface area contributed by atoms with Crippen molar-refractivity contribution in [1.29, 1.82) is 0 Å². The number of anilines is 1. The van der Waals surface area contributed by atoms with Gasteiger partial charge >= 0.3 is 6.03 Å². The normalized spacial score (nSPS) is 24.9. The third-order valence-corrected chi connectivity index (χ3v) is 7.60. The minimum Gasteiger partial charge on any atom is -0.493 e. The molecule has 196 valence electrons. The number of imide groups is 1. The molecule has 1 saturated carbocycles. The van der Waals surface area contributed by atoms with Crippen LogP contribution < -0.4 is 19.7 Å². The summed E-state index contributed by atoms with van der Waals surface area (Å²) in [5, 5.41) is 2.93. The Bertz CT molecular complexity index is 1160. The molecule has 0 bridgehead atoms. The van der Waals surface area contributed by atoms with Gasteiger partial charge in [-0.2, -0.15) is 0 Å². The van der Waals surface area contributed by atoms with Crippen LogP contribution in [0.5, 0.6) is 11.5 Å². The number of nitrogens with one attached hydrogen (secondary N) is 1. The molecule has 2 heterocycles. The fraction of sp³-hybridized carbons (Fsp3) is 0.464. The van der Waals surface area contributed by atoms with E-state index in [1.807, 2.05) is 24.3 Å². The van der Waals surface area contributed by atoms with E-state index in [1.165, 1.54) is 0 Å². The molecular formula is C28H33N3O6. The minimum atomic E-state index is -0.759. The lowest BCUT2D eigenvalue weighted by Crippen LogP contribution is -2.66. The predicted octanol–water partition coefficient (Wildman–Crippen LogP) is 3.16. The quantitative estimate of drug-likeness (QED) is 0.590. The summed E-state index contributed by atoms with van der Waals surface area (Å²) in [6, 6.07) is 13.6. The second kappa shape index (κ2) is 10.8. The Kier molecular flexibility index (Phi) is 7.32. The zero-order valence-corrected chi connectivity index (χ0v) is 21.2. The first-order valence-corrected chi connectivity index (χ1v) is 12.8. The van der Waals surface area contributed by atoms with Crippen molar-refractivity contribution >= 4 is 23.5 Å². The van der Waals surface area contributed by atoms with Gasteiger partial charge in [0.1, 0.15) is 6.54 Å². The number of methoxy groups -OCH3 is 2. The number of rotatable bonds is 8. The molecule has 3 fully saturated rings. The zero-order valence-electron chi connectivity index (χ0n) is 21.2. The molecule has 1 aliphatic carbocycles. The number of nitrogens with zero attached hydrogens (tertiary/aromatic N) is 2. The Morgan fingerprint density at radius 1 is 1.03 bits per heavy atom. The number of para-hydroxylation sites is 1. The number of ether oxygens (including phenoxy) is 3. The van der Waals surface area contributed by atoms with E-state index in [0.29, 0.717) is 30.2 Å². The van der Waals surface area contributed by atoms with Gasteiger partial charge in [0, 0.05) is 12.5 Å². The molecular weight excluding hydrogens is 474 g/mol. The first kappa shape index (κ1) is 25.1. The lowest BCUT2D eigenvalue weighted by molar-refractivity contribution is -0.134. The van der Waals surface area contributed by atoms with Gasteiger partial charge in [0.2, 0.25) is 5.91 Å². The smallest absolute Gasteiger partial charge is 0.332 e. The molecule has 0 radical (unpaired) electrons. The number of carbonyl (C=O) groups excluding carboxylic acids is 3. The first-order chi connectivity index (χ1) is 18.0. The van der Waals surface area contributed by atoms with Crippen molar-refractivity contribution in [3.05, 3.63) is 54.1 Å². The van der Waals surface area contributed by atoms with E-state index in [0.717, 1.165) is 36.1 Å². The van der Waals surface area contributed by atoms with Crippen LogP contribution >= 0.6 is 0 Å². The topological polar surface area (TPSA) is 97.4 Å². The van der Waals surface area contributed by atoms with Crippen molar-refractivity contribution in [2.45, 2.75) is 50.4 Å². The number of urea groups is 1. The van der Waals surface area contributed by atoms with E-state index < -0.39 is 18.2 Å². The van der Waals surface area contributed by atoms with Gasteiger partial charge in [-0.15, -0.1) is 0 Å². The summed E-state index contributed by atoms with van der Waals surface area (Å²) in [4.78, 5) is 42.9. The molecule has 3 aliphatic rings. The molecule has 2 aliphatic heterocycles. The van der Waals surface area contributed by atoms with Gasteiger partial charge in [-0.3, -0.25) is 9.59 Å². The van der Waals surface area contributed by atoms with Crippen LogP contribution in [0.3, 0.4) is 0 Å². The largest absolute Gasteiger partial charge is 0.493 e. The maximum absolute atomic E-state index is 13.7. The molecule has 4 unspecified atom stereocenters. The maximum Gasteiger partial charge on any atom is 0.332 e. The zero-order chi connectivity index (χ0) is 25.9. The van der Waals surface area contributed by atoms with E-state index in [1.54, 1.807) is 43.4 Å². The number of benzene rings is 2. The third kappa shape index (κ3) is 4.87. The van der Waals surface area contributed by atoms with Crippen LogP contribution in [-0.2, 0) is 20.7 Å². The number of hydrogen-bond donors (Lipinski definition) is 1. The van der Waals surface area contributed by atoms with Gasteiger partial charge in [-0.25, -0.2) is 9.69 Å². The summed E-state index contributed by atoms with van der Waals surface area (Å²) >= 11 is 0. The van der Waals surface area contributed by atoms with Crippen LogP contribution in [-0.4, -0.2) is 68.3 Å². The van der Waals surface area contributed by atoms with Crippen molar-refractivity contribution in [3.63, 3.8) is 0 Å². The molecule has 5 rings (SSSR count). The van der Waals surface area contributed by atoms with Crippen LogP contribution in [0.4, 0.5) is 10.5 Å². The molecule has 0 aromatic heterocycles. The standard InChI is InChI=1S/C28H33N3O6/c1-35-22-13-12-18(16-23(22)36-2)14-15-29-24(32)17-30-25-20-10-6-7-11-21(20)37-26(25)27(33)31(28(30)34)19-8-4-3-5-9-19/h3-5,8-9,12-13,16,20-21,25-26H,6-7,10-11,14-15,17H2,1-2H3,(H,29,32). The molecule has 2 aromatic rings. The third-order valence-electron chi connectivity index (χ3n) is 7.60. The molecule has 9 nitrogen and oxygen atoms in total. The Morgan fingerprint density at radius 3 is 2.54 bits per heavy atom. The highest BCUT2D eigenvalue weighted by Crippen LogP contribution is 2.43. The first-order valence-electron chi connectivity index (χ1n) is 12.8. The van der Waals surface area contributed by atoms with Crippen LogP contribution in [0.2, 0.25) is 0 Å². The van der Waals surface area contributed by atoms with Crippen molar-refractivity contribution < 1.29 is 28.6 Å². The molecule has 1 N–H and O–H groups in total. The summed E-state index contributed by atoms with van der Waals surface area (Å²) in [7, 11) is 3.17. The monoisotopic (exact) mass is 507 g/mol. The van der Waals surface area contributed by atoms with Crippen molar-refractivity contribution in [3.8, 4) is 11.5 Å². The average Bonchev–Trinajstić information content (AvgIpc) is 3.31. The number of hydrogen-bond acceptors (Lipinski definition) is 6. The summed E-state index contributed by atoms with van der Waals surface area (Å²) < 4.78 is 16.9. The molecule has 2 saturated heterocycles. The second-order valence-corrected chi connectivity index (χ2v) is 9.74. The van der Waals surface area contributed by atoms with Gasteiger partial charge in [-0.1, -0.05) is 37.1 Å².